The highest BCUT2D eigenvalue weighted by Gasteiger charge is 2.32. The standard InChI is InChI=1S/C16H21N5O/c1-22-9-13-7-20(15-4-5-17-10-18-15)8-14-16(13)21(11-19-14)6-12-2-3-12/h4-5,10-13H,2-3,6-9H2,1H3/t13-/m0/s1. The molecule has 0 N–H and O–H groups in total. The van der Waals surface area contributed by atoms with Crippen molar-refractivity contribution in [1.29, 1.82) is 0 Å². The van der Waals surface area contributed by atoms with E-state index in [4.69, 9.17) is 4.74 Å². The van der Waals surface area contributed by atoms with Crippen molar-refractivity contribution < 1.29 is 4.74 Å². The summed E-state index contributed by atoms with van der Waals surface area (Å²) >= 11 is 0. The van der Waals surface area contributed by atoms with E-state index in [1.54, 1.807) is 19.6 Å². The fourth-order valence-corrected chi connectivity index (χ4v) is 3.33. The number of rotatable bonds is 5. The first-order valence-electron chi connectivity index (χ1n) is 7.89. The van der Waals surface area contributed by atoms with Crippen LogP contribution in [-0.4, -0.2) is 39.8 Å². The molecule has 6 heteroatoms. The highest BCUT2D eigenvalue weighted by atomic mass is 16.5. The maximum atomic E-state index is 5.47. The van der Waals surface area contributed by atoms with E-state index < -0.39 is 0 Å². The van der Waals surface area contributed by atoms with Gasteiger partial charge in [0.05, 0.1) is 25.2 Å². The van der Waals surface area contributed by atoms with Gasteiger partial charge in [-0.2, -0.15) is 0 Å². The lowest BCUT2D eigenvalue weighted by Gasteiger charge is -2.33. The van der Waals surface area contributed by atoms with Crippen molar-refractivity contribution in [3.05, 3.63) is 36.3 Å². The number of hydrogen-bond donors (Lipinski definition) is 0. The Kier molecular flexibility index (Phi) is 3.54. The SMILES string of the molecule is COC[C@@H]1CN(c2ccncn2)Cc2ncn(CC3CC3)c21. The lowest BCUT2D eigenvalue weighted by Crippen LogP contribution is -2.37. The summed E-state index contributed by atoms with van der Waals surface area (Å²) in [6.07, 6.45) is 8.11. The quantitative estimate of drug-likeness (QED) is 0.843. The Morgan fingerprint density at radius 2 is 2.23 bits per heavy atom. The molecule has 3 heterocycles. The topological polar surface area (TPSA) is 56.1 Å². The van der Waals surface area contributed by atoms with E-state index in [1.807, 2.05) is 12.4 Å². The van der Waals surface area contributed by atoms with Gasteiger partial charge in [-0.1, -0.05) is 0 Å². The number of nitrogens with zero attached hydrogens (tertiary/aromatic N) is 5. The first-order chi connectivity index (χ1) is 10.8. The molecule has 1 aliphatic carbocycles. The summed E-state index contributed by atoms with van der Waals surface area (Å²) in [6, 6.07) is 1.95. The second kappa shape index (κ2) is 5.68. The summed E-state index contributed by atoms with van der Waals surface area (Å²) in [5.74, 6) is 2.14. The van der Waals surface area contributed by atoms with E-state index >= 15 is 0 Å². The molecule has 116 valence electrons. The van der Waals surface area contributed by atoms with Crippen molar-refractivity contribution >= 4 is 5.82 Å². The van der Waals surface area contributed by atoms with Crippen LogP contribution in [0.5, 0.6) is 0 Å². The average molecular weight is 299 g/mol. The minimum atomic E-state index is 0.338. The van der Waals surface area contributed by atoms with Gasteiger partial charge in [-0.05, 0) is 24.8 Å². The zero-order chi connectivity index (χ0) is 14.9. The van der Waals surface area contributed by atoms with Gasteiger partial charge in [-0.25, -0.2) is 15.0 Å². The molecule has 2 aromatic rings. The van der Waals surface area contributed by atoms with Crippen LogP contribution in [0.15, 0.2) is 24.9 Å². The number of hydrogen-bond acceptors (Lipinski definition) is 5. The minimum absolute atomic E-state index is 0.338. The minimum Gasteiger partial charge on any atom is -0.384 e. The summed E-state index contributed by atoms with van der Waals surface area (Å²) in [4.78, 5) is 15.3. The van der Waals surface area contributed by atoms with E-state index in [-0.39, 0.29) is 0 Å². The molecule has 0 spiro atoms. The lowest BCUT2D eigenvalue weighted by atomic mass is 9.98. The van der Waals surface area contributed by atoms with Crippen LogP contribution in [0, 0.1) is 5.92 Å². The van der Waals surface area contributed by atoms with Gasteiger partial charge in [0.25, 0.3) is 0 Å². The first-order valence-corrected chi connectivity index (χ1v) is 7.89. The maximum absolute atomic E-state index is 5.47. The van der Waals surface area contributed by atoms with Crippen molar-refractivity contribution in [1.82, 2.24) is 19.5 Å². The summed E-state index contributed by atoms with van der Waals surface area (Å²) < 4.78 is 7.82. The number of ether oxygens (including phenoxy) is 1. The monoisotopic (exact) mass is 299 g/mol. The maximum Gasteiger partial charge on any atom is 0.132 e. The summed E-state index contributed by atoms with van der Waals surface area (Å²) in [7, 11) is 1.77. The van der Waals surface area contributed by atoms with Crippen molar-refractivity contribution in [3.63, 3.8) is 0 Å². The summed E-state index contributed by atoms with van der Waals surface area (Å²) in [5, 5.41) is 0. The highest BCUT2D eigenvalue weighted by molar-refractivity contribution is 5.42. The zero-order valence-corrected chi connectivity index (χ0v) is 12.9. The normalized spacial score (nSPS) is 21.0. The van der Waals surface area contributed by atoms with Crippen LogP contribution in [0.3, 0.4) is 0 Å². The Hall–Kier alpha value is -1.95. The molecule has 1 fully saturated rings. The third kappa shape index (κ3) is 2.59. The molecule has 2 aliphatic rings. The van der Waals surface area contributed by atoms with Crippen molar-refractivity contribution in [2.45, 2.75) is 31.8 Å². The van der Waals surface area contributed by atoms with Crippen molar-refractivity contribution in [2.75, 3.05) is 25.2 Å². The molecular formula is C16H21N5O. The van der Waals surface area contributed by atoms with E-state index in [2.05, 4.69) is 24.4 Å². The van der Waals surface area contributed by atoms with Crippen LogP contribution in [-0.2, 0) is 17.8 Å². The Morgan fingerprint density at radius 1 is 1.32 bits per heavy atom. The largest absolute Gasteiger partial charge is 0.384 e. The third-order valence-electron chi connectivity index (χ3n) is 4.54. The molecule has 1 atom stereocenters. The molecule has 1 saturated carbocycles. The van der Waals surface area contributed by atoms with Crippen LogP contribution >= 0.6 is 0 Å². The van der Waals surface area contributed by atoms with Gasteiger partial charge in [0.15, 0.2) is 0 Å². The zero-order valence-electron chi connectivity index (χ0n) is 12.9. The van der Waals surface area contributed by atoms with Crippen LogP contribution < -0.4 is 4.90 Å². The molecule has 0 saturated heterocycles. The van der Waals surface area contributed by atoms with Gasteiger partial charge < -0.3 is 14.2 Å². The van der Waals surface area contributed by atoms with Crippen LogP contribution in [0.25, 0.3) is 0 Å². The molecular weight excluding hydrogens is 278 g/mol. The highest BCUT2D eigenvalue weighted by Crippen LogP contribution is 2.35. The molecule has 2 aromatic heterocycles. The van der Waals surface area contributed by atoms with Gasteiger partial charge >= 0.3 is 0 Å². The fraction of sp³-hybridized carbons (Fsp3) is 0.562. The Balaban J connectivity index is 1.63. The molecule has 0 unspecified atom stereocenters. The second-order valence-corrected chi connectivity index (χ2v) is 6.27. The Morgan fingerprint density at radius 3 is 2.95 bits per heavy atom. The smallest absolute Gasteiger partial charge is 0.132 e. The van der Waals surface area contributed by atoms with Crippen LogP contribution in [0.1, 0.15) is 30.1 Å². The molecule has 22 heavy (non-hydrogen) atoms. The summed E-state index contributed by atoms with van der Waals surface area (Å²) in [5.41, 5.74) is 2.52. The molecule has 0 amide bonds. The Labute approximate surface area is 130 Å². The van der Waals surface area contributed by atoms with Gasteiger partial charge in [0.2, 0.25) is 0 Å². The van der Waals surface area contributed by atoms with E-state index in [0.717, 1.165) is 37.1 Å². The van der Waals surface area contributed by atoms with Gasteiger partial charge in [-0.15, -0.1) is 0 Å². The molecule has 0 aromatic carbocycles. The predicted molar refractivity (Wildman–Crippen MR) is 82.7 cm³/mol. The Bertz CT molecular complexity index is 637. The van der Waals surface area contributed by atoms with Crippen LogP contribution in [0.2, 0.25) is 0 Å². The first kappa shape index (κ1) is 13.7. The second-order valence-electron chi connectivity index (χ2n) is 6.27. The molecule has 4 rings (SSSR count). The average Bonchev–Trinajstić information content (AvgIpc) is 3.27. The van der Waals surface area contributed by atoms with Gasteiger partial charge in [-0.3, -0.25) is 0 Å². The number of fused-ring (bicyclic) bond motifs is 1. The fourth-order valence-electron chi connectivity index (χ4n) is 3.33. The van der Waals surface area contributed by atoms with E-state index in [1.165, 1.54) is 18.5 Å². The third-order valence-corrected chi connectivity index (χ3v) is 4.54. The summed E-state index contributed by atoms with van der Waals surface area (Å²) in [6.45, 7) is 3.54. The number of methoxy groups -OCH3 is 1. The van der Waals surface area contributed by atoms with Crippen molar-refractivity contribution in [3.8, 4) is 0 Å². The van der Waals surface area contributed by atoms with Gasteiger partial charge in [0, 0.05) is 38.0 Å². The molecule has 1 aliphatic heterocycles. The number of aromatic nitrogens is 4. The van der Waals surface area contributed by atoms with Crippen molar-refractivity contribution in [2.24, 2.45) is 5.92 Å². The van der Waals surface area contributed by atoms with E-state index in [9.17, 15) is 0 Å². The molecule has 0 radical (unpaired) electrons. The van der Waals surface area contributed by atoms with E-state index in [0.29, 0.717) is 12.5 Å². The lowest BCUT2D eigenvalue weighted by molar-refractivity contribution is 0.175. The predicted octanol–water partition coefficient (Wildman–Crippen LogP) is 1.83. The number of imidazole rings is 1. The van der Waals surface area contributed by atoms with Gasteiger partial charge in [0.1, 0.15) is 12.1 Å². The molecule has 6 nitrogen and oxygen atoms in total. The number of anilines is 1. The van der Waals surface area contributed by atoms with Crippen LogP contribution in [0.4, 0.5) is 5.82 Å². The molecule has 0 bridgehead atoms.